The van der Waals surface area contributed by atoms with Crippen molar-refractivity contribution in [3.05, 3.63) is 40.9 Å². The van der Waals surface area contributed by atoms with Crippen LogP contribution in [-0.2, 0) is 13.1 Å². The van der Waals surface area contributed by atoms with Crippen molar-refractivity contribution in [1.29, 1.82) is 0 Å². The van der Waals surface area contributed by atoms with E-state index in [1.807, 2.05) is 24.7 Å². The molecule has 0 spiro atoms. The highest BCUT2D eigenvalue weighted by Crippen LogP contribution is 2.29. The number of likely N-dealkylation sites (tertiary alicyclic amines) is 1. The van der Waals surface area contributed by atoms with Crippen LogP contribution in [0.2, 0.25) is 5.02 Å². The highest BCUT2D eigenvalue weighted by molar-refractivity contribution is 6.38. The lowest BCUT2D eigenvalue weighted by molar-refractivity contribution is 0.100. The molecule has 37 heavy (non-hydrogen) atoms. The maximum absolute atomic E-state index is 12.0. The number of rotatable bonds is 6. The van der Waals surface area contributed by atoms with E-state index in [0.717, 1.165) is 61.1 Å². The summed E-state index contributed by atoms with van der Waals surface area (Å²) in [5.41, 5.74) is 3.55. The molecule has 1 saturated heterocycles. The van der Waals surface area contributed by atoms with Gasteiger partial charge in [-0.2, -0.15) is 10.2 Å². The molecule has 0 bridgehead atoms. The van der Waals surface area contributed by atoms with Crippen LogP contribution in [0, 0.1) is 0 Å². The zero-order valence-corrected chi connectivity index (χ0v) is 22.7. The molecule has 0 aliphatic carbocycles. The first-order valence-corrected chi connectivity index (χ1v) is 12.9. The fourth-order valence-corrected chi connectivity index (χ4v) is 4.83. The number of hydrogen-bond acceptors (Lipinski definition) is 8. The van der Waals surface area contributed by atoms with Crippen molar-refractivity contribution >= 4 is 50.9 Å². The molecule has 196 valence electrons. The van der Waals surface area contributed by atoms with E-state index in [-0.39, 0.29) is 11.6 Å². The van der Waals surface area contributed by atoms with E-state index in [1.54, 1.807) is 24.0 Å². The van der Waals surface area contributed by atoms with Gasteiger partial charge in [0, 0.05) is 31.5 Å². The quantitative estimate of drug-likeness (QED) is 0.368. The van der Waals surface area contributed by atoms with Gasteiger partial charge in [0.25, 0.3) is 0 Å². The molecular formula is C26H33ClN8O2. The molecule has 1 aliphatic rings. The van der Waals surface area contributed by atoms with Crippen LogP contribution in [0.5, 0.6) is 0 Å². The third-order valence-corrected chi connectivity index (χ3v) is 7.10. The van der Waals surface area contributed by atoms with Gasteiger partial charge < -0.3 is 10.2 Å². The Labute approximate surface area is 221 Å². The Bertz CT molecular complexity index is 1440. The van der Waals surface area contributed by atoms with E-state index in [0.29, 0.717) is 27.8 Å². The Morgan fingerprint density at radius 3 is 1.95 bits per heavy atom. The lowest BCUT2D eigenvalue weighted by atomic mass is 10.0. The van der Waals surface area contributed by atoms with Crippen LogP contribution in [0.3, 0.4) is 0 Å². The highest BCUT2D eigenvalue weighted by atomic mass is 35.5. The molecule has 5 heterocycles. The summed E-state index contributed by atoms with van der Waals surface area (Å²) in [4.78, 5) is 34.2. The van der Waals surface area contributed by atoms with Gasteiger partial charge in [-0.15, -0.1) is 0 Å². The van der Waals surface area contributed by atoms with Gasteiger partial charge in [0.05, 0.1) is 45.0 Å². The van der Waals surface area contributed by atoms with Gasteiger partial charge in [0.15, 0.2) is 22.9 Å². The third-order valence-electron chi connectivity index (χ3n) is 6.69. The summed E-state index contributed by atoms with van der Waals surface area (Å²) in [6, 6.07) is 0.393. The SMILES string of the molecule is CCn1ncc2c(Cl)c(C(C)=O)cnc21.CCn1ncc2c(NC3CCN(C)CC3)c(C(C)=O)cnc21. The molecule has 0 aromatic carbocycles. The molecule has 5 rings (SSSR count). The number of Topliss-reactive ketones (excluding diaryl/α,β-unsaturated/α-hetero) is 2. The summed E-state index contributed by atoms with van der Waals surface area (Å²) in [7, 11) is 2.15. The van der Waals surface area contributed by atoms with Gasteiger partial charge in [0.2, 0.25) is 0 Å². The van der Waals surface area contributed by atoms with Gasteiger partial charge in [-0.25, -0.2) is 19.3 Å². The number of nitrogens with zero attached hydrogens (tertiary/aromatic N) is 7. The van der Waals surface area contributed by atoms with Crippen molar-refractivity contribution in [2.24, 2.45) is 0 Å². The summed E-state index contributed by atoms with van der Waals surface area (Å²) in [6.45, 7) is 10.7. The second-order valence-corrected chi connectivity index (χ2v) is 9.64. The number of pyridine rings is 2. The highest BCUT2D eigenvalue weighted by Gasteiger charge is 2.21. The number of hydrogen-bond donors (Lipinski definition) is 1. The van der Waals surface area contributed by atoms with E-state index >= 15 is 0 Å². The molecule has 0 radical (unpaired) electrons. The summed E-state index contributed by atoms with van der Waals surface area (Å²) in [5, 5.41) is 14.2. The molecule has 0 saturated carbocycles. The van der Waals surface area contributed by atoms with Crippen molar-refractivity contribution in [3.63, 3.8) is 0 Å². The van der Waals surface area contributed by atoms with E-state index in [2.05, 4.69) is 37.4 Å². The molecular weight excluding hydrogens is 492 g/mol. The first kappa shape index (κ1) is 26.7. The number of fused-ring (bicyclic) bond motifs is 2. The topological polar surface area (TPSA) is 111 Å². The Hall–Kier alpha value is -3.37. The van der Waals surface area contributed by atoms with Crippen LogP contribution < -0.4 is 5.32 Å². The summed E-state index contributed by atoms with van der Waals surface area (Å²) < 4.78 is 3.60. The van der Waals surface area contributed by atoms with Crippen molar-refractivity contribution < 1.29 is 9.59 Å². The number of nitrogens with one attached hydrogen (secondary N) is 1. The molecule has 11 heteroatoms. The molecule has 0 atom stereocenters. The molecule has 0 unspecified atom stereocenters. The van der Waals surface area contributed by atoms with Gasteiger partial charge in [-0.1, -0.05) is 11.6 Å². The fraction of sp³-hybridized carbons (Fsp3) is 0.462. The number of aryl methyl sites for hydroxylation is 2. The largest absolute Gasteiger partial charge is 0.381 e. The Kier molecular flexibility index (Phi) is 8.19. The Morgan fingerprint density at radius 2 is 1.41 bits per heavy atom. The molecule has 4 aromatic rings. The summed E-state index contributed by atoms with van der Waals surface area (Å²) >= 11 is 6.09. The van der Waals surface area contributed by atoms with Gasteiger partial charge in [-0.3, -0.25) is 9.59 Å². The Morgan fingerprint density at radius 1 is 0.892 bits per heavy atom. The van der Waals surface area contributed by atoms with Crippen molar-refractivity contribution in [2.75, 3.05) is 25.5 Å². The Balaban J connectivity index is 0.000000186. The fourth-order valence-electron chi connectivity index (χ4n) is 4.51. The summed E-state index contributed by atoms with van der Waals surface area (Å²) in [6.07, 6.45) is 8.80. The number of carbonyl (C=O) groups excluding carboxylic acids is 2. The monoisotopic (exact) mass is 524 g/mol. The maximum atomic E-state index is 12.0. The maximum Gasteiger partial charge on any atom is 0.163 e. The first-order chi connectivity index (χ1) is 17.7. The second kappa shape index (κ2) is 11.4. The first-order valence-electron chi connectivity index (χ1n) is 12.6. The van der Waals surface area contributed by atoms with Gasteiger partial charge >= 0.3 is 0 Å². The van der Waals surface area contributed by atoms with Crippen molar-refractivity contribution in [2.45, 2.75) is 59.7 Å². The molecule has 10 nitrogen and oxygen atoms in total. The zero-order chi connectivity index (χ0) is 26.7. The standard InChI is InChI=1S/C16H23N5O.C10H10ClN3O/c1-4-21-16-14(10-18-21)15(13(9-17-16)11(2)22)19-12-5-7-20(3)8-6-12;1-3-14-10-8(5-13-14)9(11)7(4-12-10)6(2)15/h9-10,12H,4-8H2,1-3H3,(H,17,19);4-5H,3H2,1-2H3. The normalized spacial score (nSPS) is 14.5. The second-order valence-electron chi connectivity index (χ2n) is 9.26. The van der Waals surface area contributed by atoms with Crippen LogP contribution in [-0.4, -0.2) is 72.2 Å². The number of halogens is 1. The molecule has 4 aromatic heterocycles. The zero-order valence-electron chi connectivity index (χ0n) is 22.0. The average molecular weight is 525 g/mol. The number of ketones is 2. The van der Waals surface area contributed by atoms with E-state index in [4.69, 9.17) is 11.6 Å². The average Bonchev–Trinajstić information content (AvgIpc) is 3.50. The van der Waals surface area contributed by atoms with Gasteiger partial charge in [-0.05, 0) is 60.7 Å². The number of anilines is 1. The predicted octanol–water partition coefficient (Wildman–Crippen LogP) is 4.47. The third kappa shape index (κ3) is 5.50. The minimum absolute atomic E-state index is 0.0362. The molecule has 1 fully saturated rings. The molecule has 0 amide bonds. The lowest BCUT2D eigenvalue weighted by Gasteiger charge is -2.30. The van der Waals surface area contributed by atoms with Crippen LogP contribution >= 0.6 is 11.6 Å². The van der Waals surface area contributed by atoms with Crippen LogP contribution in [0.15, 0.2) is 24.8 Å². The van der Waals surface area contributed by atoms with Crippen molar-refractivity contribution in [1.82, 2.24) is 34.4 Å². The molecule has 1 N–H and O–H groups in total. The van der Waals surface area contributed by atoms with Crippen molar-refractivity contribution in [3.8, 4) is 0 Å². The van der Waals surface area contributed by atoms with Crippen LogP contribution in [0.1, 0.15) is 61.3 Å². The van der Waals surface area contributed by atoms with Gasteiger partial charge in [0.1, 0.15) is 0 Å². The molecule has 1 aliphatic heterocycles. The summed E-state index contributed by atoms with van der Waals surface area (Å²) in [5.74, 6) is -0.0484. The lowest BCUT2D eigenvalue weighted by Crippen LogP contribution is -2.37. The number of aromatic nitrogens is 6. The van der Waals surface area contributed by atoms with Crippen LogP contribution in [0.4, 0.5) is 5.69 Å². The minimum Gasteiger partial charge on any atom is -0.381 e. The van der Waals surface area contributed by atoms with E-state index in [1.165, 1.54) is 13.1 Å². The number of carbonyl (C=O) groups is 2. The van der Waals surface area contributed by atoms with E-state index in [9.17, 15) is 9.59 Å². The number of piperidine rings is 1. The van der Waals surface area contributed by atoms with Crippen LogP contribution in [0.25, 0.3) is 22.1 Å². The minimum atomic E-state index is -0.0846. The van der Waals surface area contributed by atoms with E-state index < -0.39 is 0 Å². The smallest absolute Gasteiger partial charge is 0.163 e. The predicted molar refractivity (Wildman–Crippen MR) is 146 cm³/mol.